The molecular weight excluding hydrogens is 138 g/mol. The topological polar surface area (TPSA) is 21.3 Å². The summed E-state index contributed by atoms with van der Waals surface area (Å²) in [4.78, 5) is 0. The van der Waals surface area contributed by atoms with Crippen molar-refractivity contribution in [2.45, 2.75) is 19.8 Å². The molecule has 0 aliphatic carbocycles. The average Bonchev–Trinajstić information content (AvgIpc) is 2.36. The first-order valence-electron chi connectivity index (χ1n) is 4.62. The van der Waals surface area contributed by atoms with E-state index < -0.39 is 0 Å². The van der Waals surface area contributed by atoms with Crippen molar-refractivity contribution in [1.29, 1.82) is 0 Å². The minimum atomic E-state index is 0.595. The lowest BCUT2D eigenvalue weighted by atomic mass is 9.73. The maximum atomic E-state index is 5.38. The van der Waals surface area contributed by atoms with Crippen molar-refractivity contribution in [2.75, 3.05) is 26.3 Å². The highest BCUT2D eigenvalue weighted by atomic mass is 16.5. The van der Waals surface area contributed by atoms with Gasteiger partial charge >= 0.3 is 0 Å². The first-order chi connectivity index (χ1) is 5.33. The maximum Gasteiger partial charge on any atom is 0.0471 e. The zero-order chi connectivity index (χ0) is 7.73. The molecule has 11 heavy (non-hydrogen) atoms. The highest BCUT2D eigenvalue weighted by Gasteiger charge is 2.40. The second-order valence-corrected chi connectivity index (χ2v) is 4.01. The van der Waals surface area contributed by atoms with E-state index in [9.17, 15) is 0 Å². The Bertz CT molecular complexity index is 140. The summed E-state index contributed by atoms with van der Waals surface area (Å²) in [6.07, 6.45) is 2.53. The third kappa shape index (κ3) is 1.18. The molecule has 2 aliphatic heterocycles. The van der Waals surface area contributed by atoms with Gasteiger partial charge in [-0.1, -0.05) is 6.92 Å². The normalized spacial score (nSPS) is 36.3. The summed E-state index contributed by atoms with van der Waals surface area (Å²) < 4.78 is 5.38. The van der Waals surface area contributed by atoms with Crippen molar-refractivity contribution >= 4 is 0 Å². The molecule has 2 aliphatic rings. The first-order valence-corrected chi connectivity index (χ1v) is 4.62. The van der Waals surface area contributed by atoms with Gasteiger partial charge in [0.1, 0.15) is 0 Å². The van der Waals surface area contributed by atoms with Crippen LogP contribution in [-0.4, -0.2) is 26.3 Å². The first kappa shape index (κ1) is 7.56. The summed E-state index contributed by atoms with van der Waals surface area (Å²) in [5, 5.41) is 3.48. The van der Waals surface area contributed by atoms with Gasteiger partial charge in [0.15, 0.2) is 0 Å². The van der Waals surface area contributed by atoms with Crippen LogP contribution in [0.5, 0.6) is 0 Å². The molecule has 0 bridgehead atoms. The highest BCUT2D eigenvalue weighted by Crippen LogP contribution is 2.40. The van der Waals surface area contributed by atoms with Crippen LogP contribution in [0.2, 0.25) is 0 Å². The molecule has 2 heteroatoms. The van der Waals surface area contributed by atoms with E-state index in [0.717, 1.165) is 19.1 Å². The third-order valence-corrected chi connectivity index (χ3v) is 3.46. The van der Waals surface area contributed by atoms with E-state index in [2.05, 4.69) is 12.2 Å². The van der Waals surface area contributed by atoms with Crippen LogP contribution in [0.4, 0.5) is 0 Å². The quantitative estimate of drug-likeness (QED) is 0.564. The van der Waals surface area contributed by atoms with Crippen LogP contribution in [-0.2, 0) is 4.74 Å². The van der Waals surface area contributed by atoms with Crippen LogP contribution >= 0.6 is 0 Å². The molecule has 2 saturated heterocycles. The molecule has 0 radical (unpaired) electrons. The molecule has 1 spiro atoms. The van der Waals surface area contributed by atoms with Gasteiger partial charge in [-0.3, -0.25) is 0 Å². The van der Waals surface area contributed by atoms with Crippen LogP contribution in [0.25, 0.3) is 0 Å². The molecule has 2 fully saturated rings. The molecule has 64 valence electrons. The van der Waals surface area contributed by atoms with Crippen molar-refractivity contribution in [3.05, 3.63) is 0 Å². The molecule has 1 unspecified atom stereocenters. The van der Waals surface area contributed by atoms with E-state index in [4.69, 9.17) is 4.74 Å². The second-order valence-electron chi connectivity index (χ2n) is 4.01. The Labute approximate surface area is 68.3 Å². The van der Waals surface area contributed by atoms with Gasteiger partial charge in [-0.05, 0) is 30.7 Å². The fourth-order valence-corrected chi connectivity index (χ4v) is 2.38. The molecule has 2 rings (SSSR count). The molecule has 0 aromatic heterocycles. The Morgan fingerprint density at radius 1 is 1.36 bits per heavy atom. The van der Waals surface area contributed by atoms with Gasteiger partial charge in [-0.25, -0.2) is 0 Å². The summed E-state index contributed by atoms with van der Waals surface area (Å²) in [6.45, 7) is 6.75. The largest absolute Gasteiger partial charge is 0.381 e. The number of nitrogens with one attached hydrogen (secondary N) is 1. The molecule has 0 saturated carbocycles. The summed E-state index contributed by atoms with van der Waals surface area (Å²) in [7, 11) is 0. The molecule has 1 N–H and O–H groups in total. The van der Waals surface area contributed by atoms with Crippen LogP contribution in [0.15, 0.2) is 0 Å². The fourth-order valence-electron chi connectivity index (χ4n) is 2.38. The highest BCUT2D eigenvalue weighted by molar-refractivity contribution is 4.93. The molecule has 0 aromatic carbocycles. The van der Waals surface area contributed by atoms with Gasteiger partial charge < -0.3 is 10.1 Å². The maximum absolute atomic E-state index is 5.38. The van der Waals surface area contributed by atoms with Crippen molar-refractivity contribution in [2.24, 2.45) is 11.3 Å². The molecule has 0 aromatic rings. The van der Waals surface area contributed by atoms with E-state index in [1.807, 2.05) is 0 Å². The van der Waals surface area contributed by atoms with Gasteiger partial charge in [0.2, 0.25) is 0 Å². The number of rotatable bonds is 0. The summed E-state index contributed by atoms with van der Waals surface area (Å²) in [5.74, 6) is 0.853. The lowest BCUT2D eigenvalue weighted by molar-refractivity contribution is 0.00621. The Hall–Kier alpha value is -0.0800. The zero-order valence-corrected chi connectivity index (χ0v) is 7.23. The van der Waals surface area contributed by atoms with Gasteiger partial charge in [0.05, 0.1) is 0 Å². The zero-order valence-electron chi connectivity index (χ0n) is 7.23. The van der Waals surface area contributed by atoms with Gasteiger partial charge in [-0.2, -0.15) is 0 Å². The van der Waals surface area contributed by atoms with Crippen LogP contribution in [0.3, 0.4) is 0 Å². The minimum absolute atomic E-state index is 0.595. The van der Waals surface area contributed by atoms with Gasteiger partial charge in [0, 0.05) is 19.8 Å². The second kappa shape index (κ2) is 2.76. The van der Waals surface area contributed by atoms with E-state index in [1.165, 1.54) is 25.9 Å². The Kier molecular flexibility index (Phi) is 1.90. The van der Waals surface area contributed by atoms with E-state index in [1.54, 1.807) is 0 Å². The average molecular weight is 155 g/mol. The summed E-state index contributed by atoms with van der Waals surface area (Å²) in [6, 6.07) is 0. The van der Waals surface area contributed by atoms with Gasteiger partial charge in [0.25, 0.3) is 0 Å². The number of hydrogen-bond donors (Lipinski definition) is 1. The monoisotopic (exact) mass is 155 g/mol. The molecule has 2 heterocycles. The fraction of sp³-hybridized carbons (Fsp3) is 1.00. The smallest absolute Gasteiger partial charge is 0.0471 e. The molecular formula is C9H17NO. The molecule has 0 amide bonds. The minimum Gasteiger partial charge on any atom is -0.381 e. The Balaban J connectivity index is 2.06. The lowest BCUT2D eigenvalue weighted by Crippen LogP contribution is -2.35. The van der Waals surface area contributed by atoms with E-state index in [0.29, 0.717) is 5.41 Å². The van der Waals surface area contributed by atoms with E-state index in [-0.39, 0.29) is 0 Å². The van der Waals surface area contributed by atoms with Crippen molar-refractivity contribution in [1.82, 2.24) is 5.32 Å². The number of hydrogen-bond acceptors (Lipinski definition) is 2. The van der Waals surface area contributed by atoms with Crippen molar-refractivity contribution in [3.8, 4) is 0 Å². The Morgan fingerprint density at radius 3 is 2.64 bits per heavy atom. The third-order valence-electron chi connectivity index (χ3n) is 3.46. The van der Waals surface area contributed by atoms with Crippen LogP contribution in [0.1, 0.15) is 19.8 Å². The van der Waals surface area contributed by atoms with Crippen LogP contribution < -0.4 is 5.32 Å². The predicted molar refractivity (Wildman–Crippen MR) is 44.5 cm³/mol. The SMILES string of the molecule is CC1CNCC12CCOCC2. The summed E-state index contributed by atoms with van der Waals surface area (Å²) in [5.41, 5.74) is 0.595. The van der Waals surface area contributed by atoms with Gasteiger partial charge in [-0.15, -0.1) is 0 Å². The van der Waals surface area contributed by atoms with Crippen LogP contribution in [0, 0.1) is 11.3 Å². The molecule has 2 nitrogen and oxygen atoms in total. The van der Waals surface area contributed by atoms with E-state index >= 15 is 0 Å². The predicted octanol–water partition coefficient (Wildman–Crippen LogP) is 1.02. The number of ether oxygens (including phenoxy) is 1. The lowest BCUT2D eigenvalue weighted by Gasteiger charge is -2.36. The van der Waals surface area contributed by atoms with Crippen molar-refractivity contribution < 1.29 is 4.74 Å². The standard InChI is InChI=1S/C9H17NO/c1-8-6-10-7-9(8)2-4-11-5-3-9/h8,10H,2-7H2,1H3. The Morgan fingerprint density at radius 2 is 2.09 bits per heavy atom. The molecule has 1 atom stereocenters. The summed E-state index contributed by atoms with van der Waals surface area (Å²) >= 11 is 0. The van der Waals surface area contributed by atoms with Crippen molar-refractivity contribution in [3.63, 3.8) is 0 Å².